The van der Waals surface area contributed by atoms with E-state index in [1.54, 1.807) is 6.20 Å². The molecule has 7 aromatic rings. The first kappa shape index (κ1) is 18.0. The number of pyridine rings is 2. The van der Waals surface area contributed by atoms with E-state index in [9.17, 15) is 0 Å². The number of fused-ring (bicyclic) bond motifs is 6. The molecule has 0 saturated carbocycles. The van der Waals surface area contributed by atoms with Crippen molar-refractivity contribution < 1.29 is 8.83 Å². The summed E-state index contributed by atoms with van der Waals surface area (Å²) in [6, 6.07) is 30.3. The highest BCUT2D eigenvalue weighted by atomic mass is 16.3. The predicted octanol–water partition coefficient (Wildman–Crippen LogP) is 7.75. The first-order valence-electron chi connectivity index (χ1n) is 10.8. The molecule has 0 N–H and O–H groups in total. The summed E-state index contributed by atoms with van der Waals surface area (Å²) in [5, 5.41) is 2.97. The molecule has 156 valence electrons. The van der Waals surface area contributed by atoms with Gasteiger partial charge in [0.05, 0.1) is 22.1 Å². The minimum absolute atomic E-state index is 0.622. The Morgan fingerprint density at radius 1 is 0.576 bits per heavy atom. The Bertz CT molecular complexity index is 1780. The molecule has 0 fully saturated rings. The van der Waals surface area contributed by atoms with Crippen molar-refractivity contribution in [3.05, 3.63) is 103 Å². The maximum Gasteiger partial charge on any atom is 0.227 e. The number of anilines is 3. The topological polar surface area (TPSA) is 55.3 Å². The van der Waals surface area contributed by atoms with Gasteiger partial charge in [-0.1, -0.05) is 36.4 Å². The molecular formula is C28H17N3O2. The van der Waals surface area contributed by atoms with Crippen LogP contribution in [0, 0.1) is 0 Å². The lowest BCUT2D eigenvalue weighted by Gasteiger charge is -2.26. The molecule has 0 atom stereocenters. The van der Waals surface area contributed by atoms with Crippen LogP contribution < -0.4 is 4.90 Å². The Morgan fingerprint density at radius 3 is 2.33 bits per heavy atom. The predicted molar refractivity (Wildman–Crippen MR) is 131 cm³/mol. The summed E-state index contributed by atoms with van der Waals surface area (Å²) >= 11 is 0. The van der Waals surface area contributed by atoms with Gasteiger partial charge in [0.25, 0.3) is 0 Å². The van der Waals surface area contributed by atoms with Crippen molar-refractivity contribution in [3.63, 3.8) is 0 Å². The molecule has 0 unspecified atom stereocenters. The third-order valence-corrected chi connectivity index (χ3v) is 5.99. The van der Waals surface area contributed by atoms with Crippen molar-refractivity contribution in [3.8, 4) is 0 Å². The fourth-order valence-electron chi connectivity index (χ4n) is 4.58. The van der Waals surface area contributed by atoms with Crippen molar-refractivity contribution in [1.82, 2.24) is 9.97 Å². The molecule has 7 rings (SSSR count). The van der Waals surface area contributed by atoms with Gasteiger partial charge >= 0.3 is 0 Å². The fraction of sp³-hybridized carbons (Fsp3) is 0. The van der Waals surface area contributed by atoms with Crippen LogP contribution in [0.4, 0.5) is 17.1 Å². The number of hydrogen-bond donors (Lipinski definition) is 0. The standard InChI is InChI=1S/C28H17N3O2/c1-2-8-18(9-3-1)31(21-12-6-14-24-25(21)20-11-7-16-30-28(20)33-24)22-15-17-29-26-19-10-4-5-13-23(19)32-27(22)26/h1-17H. The van der Waals surface area contributed by atoms with Gasteiger partial charge in [-0.3, -0.25) is 4.98 Å². The molecule has 33 heavy (non-hydrogen) atoms. The van der Waals surface area contributed by atoms with Gasteiger partial charge < -0.3 is 13.7 Å². The van der Waals surface area contributed by atoms with Crippen LogP contribution in [-0.2, 0) is 0 Å². The van der Waals surface area contributed by atoms with Gasteiger partial charge in [0.1, 0.15) is 16.7 Å². The summed E-state index contributed by atoms with van der Waals surface area (Å²) in [6.07, 6.45) is 3.59. The van der Waals surface area contributed by atoms with Crippen LogP contribution in [0.5, 0.6) is 0 Å². The lowest BCUT2D eigenvalue weighted by atomic mass is 10.1. The normalized spacial score (nSPS) is 11.6. The third-order valence-electron chi connectivity index (χ3n) is 5.99. The maximum atomic E-state index is 6.35. The maximum absolute atomic E-state index is 6.35. The number of benzene rings is 3. The summed E-state index contributed by atoms with van der Waals surface area (Å²) < 4.78 is 12.4. The number of aromatic nitrogens is 2. The average Bonchev–Trinajstić information content (AvgIpc) is 3.44. The van der Waals surface area contributed by atoms with Gasteiger partial charge in [-0.05, 0) is 54.6 Å². The summed E-state index contributed by atoms with van der Waals surface area (Å²) in [5.41, 5.74) is 6.72. The zero-order valence-corrected chi connectivity index (χ0v) is 17.5. The van der Waals surface area contributed by atoms with E-state index in [4.69, 9.17) is 8.83 Å². The number of rotatable bonds is 3. The van der Waals surface area contributed by atoms with E-state index >= 15 is 0 Å². The van der Waals surface area contributed by atoms with E-state index in [0.29, 0.717) is 5.71 Å². The molecule has 5 nitrogen and oxygen atoms in total. The second-order valence-electron chi connectivity index (χ2n) is 7.89. The number of hydrogen-bond acceptors (Lipinski definition) is 5. The highest BCUT2D eigenvalue weighted by Gasteiger charge is 2.23. The largest absolute Gasteiger partial charge is 0.452 e. The van der Waals surface area contributed by atoms with Gasteiger partial charge in [-0.2, -0.15) is 0 Å². The van der Waals surface area contributed by atoms with Crippen molar-refractivity contribution in [2.24, 2.45) is 0 Å². The first-order chi connectivity index (χ1) is 16.4. The molecule has 5 heteroatoms. The Morgan fingerprint density at radius 2 is 1.39 bits per heavy atom. The van der Waals surface area contributed by atoms with E-state index in [1.165, 1.54) is 0 Å². The molecule has 0 aliphatic carbocycles. The molecule has 0 spiro atoms. The molecular weight excluding hydrogens is 410 g/mol. The fourth-order valence-corrected chi connectivity index (χ4v) is 4.58. The van der Waals surface area contributed by atoms with Crippen molar-refractivity contribution >= 4 is 61.2 Å². The Balaban J connectivity index is 1.60. The first-order valence-corrected chi connectivity index (χ1v) is 10.8. The van der Waals surface area contributed by atoms with Crippen LogP contribution >= 0.6 is 0 Å². The Kier molecular flexibility index (Phi) is 3.78. The summed E-state index contributed by atoms with van der Waals surface area (Å²) in [5.74, 6) is 0. The van der Waals surface area contributed by atoms with Gasteiger partial charge in [0.2, 0.25) is 5.71 Å². The summed E-state index contributed by atoms with van der Waals surface area (Å²) in [7, 11) is 0. The van der Waals surface area contributed by atoms with E-state index in [1.807, 2.05) is 79.0 Å². The van der Waals surface area contributed by atoms with Crippen LogP contribution in [0.1, 0.15) is 0 Å². The van der Waals surface area contributed by atoms with E-state index in [-0.39, 0.29) is 0 Å². The number of furan rings is 2. The molecule has 0 aliphatic heterocycles. The molecule has 3 aromatic carbocycles. The second kappa shape index (κ2) is 6.93. The number of nitrogens with zero attached hydrogens (tertiary/aromatic N) is 3. The Labute approximate surface area is 188 Å². The lowest BCUT2D eigenvalue weighted by molar-refractivity contribution is 0.654. The van der Waals surface area contributed by atoms with Gasteiger partial charge in [0, 0.05) is 23.5 Å². The molecule has 0 saturated heterocycles. The lowest BCUT2D eigenvalue weighted by Crippen LogP contribution is -2.10. The molecule has 0 amide bonds. The average molecular weight is 427 g/mol. The molecule has 0 bridgehead atoms. The second-order valence-corrected chi connectivity index (χ2v) is 7.89. The van der Waals surface area contributed by atoms with Crippen LogP contribution in [0.2, 0.25) is 0 Å². The van der Waals surface area contributed by atoms with Crippen LogP contribution in [0.25, 0.3) is 44.1 Å². The van der Waals surface area contributed by atoms with E-state index in [0.717, 1.165) is 55.5 Å². The van der Waals surface area contributed by atoms with Crippen molar-refractivity contribution in [2.75, 3.05) is 4.90 Å². The molecule has 0 aliphatic rings. The quantitative estimate of drug-likeness (QED) is 0.289. The smallest absolute Gasteiger partial charge is 0.227 e. The summed E-state index contributed by atoms with van der Waals surface area (Å²) in [6.45, 7) is 0. The van der Waals surface area contributed by atoms with Crippen molar-refractivity contribution in [2.45, 2.75) is 0 Å². The minimum Gasteiger partial charge on any atom is -0.452 e. The van der Waals surface area contributed by atoms with Crippen molar-refractivity contribution in [1.29, 1.82) is 0 Å². The Hall–Kier alpha value is -4.64. The van der Waals surface area contributed by atoms with Gasteiger partial charge in [0.15, 0.2) is 5.58 Å². The van der Waals surface area contributed by atoms with Crippen LogP contribution in [-0.4, -0.2) is 9.97 Å². The molecule has 4 aromatic heterocycles. The molecule has 0 radical (unpaired) electrons. The highest BCUT2D eigenvalue weighted by molar-refractivity contribution is 6.14. The zero-order valence-electron chi connectivity index (χ0n) is 17.5. The summed E-state index contributed by atoms with van der Waals surface area (Å²) in [4.78, 5) is 11.3. The number of para-hydroxylation sites is 2. The molecule has 4 heterocycles. The SMILES string of the molecule is c1ccc(N(c2ccnc3c2oc2ccccc23)c2cccc3oc4ncccc4c23)cc1. The minimum atomic E-state index is 0.622. The zero-order chi connectivity index (χ0) is 21.8. The van der Waals surface area contributed by atoms with Gasteiger partial charge in [-0.25, -0.2) is 4.98 Å². The third kappa shape index (κ3) is 2.66. The van der Waals surface area contributed by atoms with Crippen LogP contribution in [0.15, 0.2) is 112 Å². The highest BCUT2D eigenvalue weighted by Crippen LogP contribution is 2.45. The van der Waals surface area contributed by atoms with E-state index in [2.05, 4.69) is 33.1 Å². The van der Waals surface area contributed by atoms with Crippen LogP contribution in [0.3, 0.4) is 0 Å². The monoisotopic (exact) mass is 427 g/mol. The van der Waals surface area contributed by atoms with E-state index < -0.39 is 0 Å². The van der Waals surface area contributed by atoms with Gasteiger partial charge in [-0.15, -0.1) is 0 Å².